The first-order valence-electron chi connectivity index (χ1n) is 9.92. The van der Waals surface area contributed by atoms with Crippen LogP contribution in [0.2, 0.25) is 0 Å². The Morgan fingerprint density at radius 2 is 2.07 bits per heavy atom. The summed E-state index contributed by atoms with van der Waals surface area (Å²) in [6.45, 7) is 4.03. The topological polar surface area (TPSA) is 67.6 Å². The zero-order valence-corrected chi connectivity index (χ0v) is 17.1. The van der Waals surface area contributed by atoms with Gasteiger partial charge in [-0.25, -0.2) is 14.4 Å². The molecule has 8 heteroatoms. The highest BCUT2D eigenvalue weighted by Gasteiger charge is 2.28. The van der Waals surface area contributed by atoms with Crippen molar-refractivity contribution < 1.29 is 9.13 Å². The van der Waals surface area contributed by atoms with Crippen LogP contribution in [0.4, 0.5) is 4.39 Å². The van der Waals surface area contributed by atoms with Crippen molar-refractivity contribution in [1.29, 1.82) is 0 Å². The average Bonchev–Trinajstić information content (AvgIpc) is 3.30. The number of ether oxygens (including phenoxy) is 1. The van der Waals surface area contributed by atoms with Crippen LogP contribution in [-0.2, 0) is 11.3 Å². The molecule has 1 N–H and O–H groups in total. The summed E-state index contributed by atoms with van der Waals surface area (Å²) in [6, 6.07) is 10.5. The van der Waals surface area contributed by atoms with E-state index in [-0.39, 0.29) is 18.0 Å². The zero-order valence-electron chi connectivity index (χ0n) is 17.1. The maximum absolute atomic E-state index is 13.3. The summed E-state index contributed by atoms with van der Waals surface area (Å²) in [6.07, 6.45) is 7.00. The van der Waals surface area contributed by atoms with Crippen LogP contribution in [0.15, 0.2) is 66.3 Å². The van der Waals surface area contributed by atoms with Crippen LogP contribution in [0.25, 0.3) is 5.82 Å². The van der Waals surface area contributed by atoms with E-state index in [0.717, 1.165) is 29.4 Å². The number of rotatable bonds is 4. The van der Waals surface area contributed by atoms with Crippen LogP contribution in [-0.4, -0.2) is 51.6 Å². The van der Waals surface area contributed by atoms with Crippen molar-refractivity contribution in [3.05, 3.63) is 78.3 Å². The van der Waals surface area contributed by atoms with E-state index in [9.17, 15) is 4.39 Å². The van der Waals surface area contributed by atoms with Gasteiger partial charge in [0.25, 0.3) is 0 Å². The number of guanidine groups is 1. The number of halogens is 1. The molecule has 1 aliphatic heterocycles. The summed E-state index contributed by atoms with van der Waals surface area (Å²) in [7, 11) is 1.78. The van der Waals surface area contributed by atoms with Crippen molar-refractivity contribution in [1.82, 2.24) is 24.8 Å². The highest BCUT2D eigenvalue weighted by atomic mass is 19.1. The molecule has 3 aromatic rings. The minimum Gasteiger partial charge on any atom is -0.367 e. The minimum atomic E-state index is -0.246. The first-order chi connectivity index (χ1) is 14.6. The highest BCUT2D eigenvalue weighted by Crippen LogP contribution is 2.25. The quantitative estimate of drug-likeness (QED) is 0.531. The van der Waals surface area contributed by atoms with E-state index in [1.807, 2.05) is 29.8 Å². The number of aromatic nitrogens is 3. The van der Waals surface area contributed by atoms with Gasteiger partial charge in [-0.1, -0.05) is 12.1 Å². The molecular formula is C22H25FN6O. The molecule has 0 amide bonds. The molecule has 7 nitrogen and oxygen atoms in total. The summed E-state index contributed by atoms with van der Waals surface area (Å²) in [5, 5.41) is 3.44. The normalized spacial score (nSPS) is 19.7. The Morgan fingerprint density at radius 3 is 2.80 bits per heavy atom. The monoisotopic (exact) mass is 408 g/mol. The van der Waals surface area contributed by atoms with Crippen LogP contribution in [0.1, 0.15) is 24.2 Å². The molecule has 2 atom stereocenters. The Hall–Kier alpha value is -3.26. The van der Waals surface area contributed by atoms with Crippen LogP contribution < -0.4 is 5.32 Å². The summed E-state index contributed by atoms with van der Waals surface area (Å²) >= 11 is 0. The molecule has 1 fully saturated rings. The SMILES string of the molecule is CN=C(NCc1ccnc(-n2ccnc2)c1)N1CC(C)OC(c2ccc(F)cc2)C1. The lowest BCUT2D eigenvalue weighted by Crippen LogP contribution is -2.50. The van der Waals surface area contributed by atoms with Gasteiger partial charge in [0.1, 0.15) is 24.1 Å². The van der Waals surface area contributed by atoms with Crippen molar-refractivity contribution in [2.45, 2.75) is 25.7 Å². The standard InChI is InChI=1S/C22H25FN6O/c1-16-13-29(14-20(30-16)18-3-5-19(23)6-4-18)22(24-2)27-12-17-7-8-26-21(11-17)28-10-9-25-15-28/h3-11,15-16,20H,12-14H2,1-2H3,(H,24,27). The molecule has 0 spiro atoms. The van der Waals surface area contributed by atoms with Gasteiger partial charge in [0.05, 0.1) is 12.6 Å². The van der Waals surface area contributed by atoms with Gasteiger partial charge < -0.3 is 15.0 Å². The molecule has 30 heavy (non-hydrogen) atoms. The van der Waals surface area contributed by atoms with Gasteiger partial charge in [0, 0.05) is 38.7 Å². The second kappa shape index (κ2) is 9.04. The van der Waals surface area contributed by atoms with Gasteiger partial charge in [-0.15, -0.1) is 0 Å². The predicted molar refractivity (Wildman–Crippen MR) is 113 cm³/mol. The first-order valence-corrected chi connectivity index (χ1v) is 9.92. The fraction of sp³-hybridized carbons (Fsp3) is 0.318. The van der Waals surface area contributed by atoms with E-state index >= 15 is 0 Å². The second-order valence-electron chi connectivity index (χ2n) is 7.28. The number of nitrogens with one attached hydrogen (secondary N) is 1. The molecule has 0 bridgehead atoms. The minimum absolute atomic E-state index is 0.0288. The molecule has 1 saturated heterocycles. The number of imidazole rings is 1. The first kappa shape index (κ1) is 20.0. The number of morpholine rings is 1. The summed E-state index contributed by atoms with van der Waals surface area (Å²) in [5.74, 6) is 1.38. The number of aliphatic imine (C=N–C) groups is 1. The Kier molecular flexibility index (Phi) is 6.04. The predicted octanol–water partition coefficient (Wildman–Crippen LogP) is 2.94. The largest absolute Gasteiger partial charge is 0.367 e. The van der Waals surface area contributed by atoms with E-state index in [2.05, 4.69) is 25.2 Å². The highest BCUT2D eigenvalue weighted by molar-refractivity contribution is 5.80. The summed E-state index contributed by atoms with van der Waals surface area (Å²) < 4.78 is 21.2. The molecule has 2 aromatic heterocycles. The molecule has 0 radical (unpaired) electrons. The number of hydrogen-bond donors (Lipinski definition) is 1. The third kappa shape index (κ3) is 4.65. The van der Waals surface area contributed by atoms with Gasteiger partial charge in [0.2, 0.25) is 0 Å². The third-order valence-electron chi connectivity index (χ3n) is 5.04. The second-order valence-corrected chi connectivity index (χ2v) is 7.28. The average molecular weight is 408 g/mol. The van der Waals surface area contributed by atoms with Gasteiger partial charge in [0.15, 0.2) is 5.96 Å². The number of hydrogen-bond acceptors (Lipinski definition) is 4. The zero-order chi connectivity index (χ0) is 20.9. The number of benzene rings is 1. The smallest absolute Gasteiger partial charge is 0.194 e. The van der Waals surface area contributed by atoms with Gasteiger partial charge in [-0.2, -0.15) is 0 Å². The van der Waals surface area contributed by atoms with Gasteiger partial charge >= 0.3 is 0 Å². The summed E-state index contributed by atoms with van der Waals surface area (Å²) in [5.41, 5.74) is 2.05. The van der Waals surface area contributed by atoms with E-state index < -0.39 is 0 Å². The lowest BCUT2D eigenvalue weighted by Gasteiger charge is -2.38. The molecule has 1 aliphatic rings. The Morgan fingerprint density at radius 1 is 1.23 bits per heavy atom. The molecule has 156 valence electrons. The van der Waals surface area contributed by atoms with Crippen molar-refractivity contribution in [2.24, 2.45) is 4.99 Å². The molecule has 0 saturated carbocycles. The van der Waals surface area contributed by atoms with E-state index in [0.29, 0.717) is 13.1 Å². The number of pyridine rings is 1. The Balaban J connectivity index is 1.43. The molecule has 1 aromatic carbocycles. The van der Waals surface area contributed by atoms with E-state index in [4.69, 9.17) is 4.74 Å². The third-order valence-corrected chi connectivity index (χ3v) is 5.04. The van der Waals surface area contributed by atoms with Crippen molar-refractivity contribution in [3.63, 3.8) is 0 Å². The fourth-order valence-electron chi connectivity index (χ4n) is 3.61. The van der Waals surface area contributed by atoms with Crippen LogP contribution in [0.5, 0.6) is 0 Å². The molecular weight excluding hydrogens is 383 g/mol. The number of nitrogens with zero attached hydrogens (tertiary/aromatic N) is 5. The van der Waals surface area contributed by atoms with Crippen LogP contribution >= 0.6 is 0 Å². The Bertz CT molecular complexity index is 989. The van der Waals surface area contributed by atoms with Gasteiger partial charge in [-0.05, 0) is 42.3 Å². The molecule has 2 unspecified atom stereocenters. The fourth-order valence-corrected chi connectivity index (χ4v) is 3.61. The van der Waals surface area contributed by atoms with E-state index in [1.54, 1.807) is 37.9 Å². The maximum Gasteiger partial charge on any atom is 0.194 e. The van der Waals surface area contributed by atoms with Crippen molar-refractivity contribution in [2.75, 3.05) is 20.1 Å². The van der Waals surface area contributed by atoms with Gasteiger partial charge in [-0.3, -0.25) is 9.56 Å². The van der Waals surface area contributed by atoms with E-state index in [1.165, 1.54) is 12.1 Å². The van der Waals surface area contributed by atoms with Crippen LogP contribution in [0, 0.1) is 5.82 Å². The molecule has 0 aliphatic carbocycles. The van der Waals surface area contributed by atoms with Crippen molar-refractivity contribution >= 4 is 5.96 Å². The Labute approximate surface area is 175 Å². The lowest BCUT2D eigenvalue weighted by atomic mass is 10.1. The summed E-state index contributed by atoms with van der Waals surface area (Å²) in [4.78, 5) is 15.1. The lowest BCUT2D eigenvalue weighted by molar-refractivity contribution is -0.0605. The van der Waals surface area contributed by atoms with Crippen molar-refractivity contribution in [3.8, 4) is 5.82 Å². The molecule has 4 rings (SSSR count). The maximum atomic E-state index is 13.3. The van der Waals surface area contributed by atoms with Crippen LogP contribution in [0.3, 0.4) is 0 Å². The molecule has 3 heterocycles.